The molecule has 0 unspecified atom stereocenters. The molecule has 0 spiro atoms. The van der Waals surface area contributed by atoms with Gasteiger partial charge in [0.2, 0.25) is 11.8 Å². The number of morpholine rings is 1. The summed E-state index contributed by atoms with van der Waals surface area (Å²) < 4.78 is 5.46. The van der Waals surface area contributed by atoms with Crippen molar-refractivity contribution in [2.45, 2.75) is 19.4 Å². The van der Waals surface area contributed by atoms with E-state index in [9.17, 15) is 9.59 Å². The van der Waals surface area contributed by atoms with Crippen LogP contribution in [-0.2, 0) is 14.3 Å². The van der Waals surface area contributed by atoms with Crippen LogP contribution in [0.2, 0.25) is 5.02 Å². The Kier molecular flexibility index (Phi) is 4.36. The number of halogens is 1. The second-order valence-corrected chi connectivity index (χ2v) is 6.29. The molecule has 2 aliphatic rings. The molecule has 3 rings (SSSR count). The molecule has 0 N–H and O–H groups in total. The largest absolute Gasteiger partial charge is 0.375 e. The highest BCUT2D eigenvalue weighted by atomic mass is 35.5. The van der Waals surface area contributed by atoms with Gasteiger partial charge in [0.1, 0.15) is 0 Å². The van der Waals surface area contributed by atoms with E-state index < -0.39 is 0 Å². The van der Waals surface area contributed by atoms with Crippen LogP contribution in [0.1, 0.15) is 13.3 Å². The molecular formula is C16H19ClN2O3. The van der Waals surface area contributed by atoms with E-state index in [-0.39, 0.29) is 30.3 Å². The van der Waals surface area contributed by atoms with Crippen molar-refractivity contribution in [3.63, 3.8) is 0 Å². The van der Waals surface area contributed by atoms with Crippen LogP contribution in [0, 0.1) is 5.92 Å². The van der Waals surface area contributed by atoms with Gasteiger partial charge >= 0.3 is 0 Å². The minimum atomic E-state index is -0.281. The van der Waals surface area contributed by atoms with Gasteiger partial charge in [-0.3, -0.25) is 9.59 Å². The molecule has 118 valence electrons. The van der Waals surface area contributed by atoms with Crippen molar-refractivity contribution in [1.82, 2.24) is 4.90 Å². The zero-order valence-corrected chi connectivity index (χ0v) is 13.3. The molecule has 2 aliphatic heterocycles. The Morgan fingerprint density at radius 2 is 2.18 bits per heavy atom. The van der Waals surface area contributed by atoms with Crippen molar-refractivity contribution >= 4 is 29.1 Å². The molecule has 2 atom stereocenters. The molecule has 5 nitrogen and oxygen atoms in total. The number of amides is 2. The second-order valence-electron chi connectivity index (χ2n) is 5.85. The van der Waals surface area contributed by atoms with Gasteiger partial charge in [-0.15, -0.1) is 0 Å². The zero-order chi connectivity index (χ0) is 15.7. The SMILES string of the molecule is C[C@H]1CN(C(=O)[C@H]2CC(=O)N(c3cccc(Cl)c3)C2)CCO1. The maximum absolute atomic E-state index is 12.6. The van der Waals surface area contributed by atoms with Gasteiger partial charge in [-0.2, -0.15) is 0 Å². The first kappa shape index (κ1) is 15.3. The highest BCUT2D eigenvalue weighted by molar-refractivity contribution is 6.30. The molecule has 1 aromatic carbocycles. The fraction of sp³-hybridized carbons (Fsp3) is 0.500. The quantitative estimate of drug-likeness (QED) is 0.836. The van der Waals surface area contributed by atoms with E-state index in [0.717, 1.165) is 5.69 Å². The van der Waals surface area contributed by atoms with Crippen LogP contribution in [0.25, 0.3) is 0 Å². The van der Waals surface area contributed by atoms with E-state index in [1.807, 2.05) is 24.0 Å². The third kappa shape index (κ3) is 3.10. The molecule has 0 radical (unpaired) electrons. The number of anilines is 1. The van der Waals surface area contributed by atoms with Crippen LogP contribution in [0.4, 0.5) is 5.69 Å². The van der Waals surface area contributed by atoms with Crippen molar-refractivity contribution in [3.8, 4) is 0 Å². The molecule has 2 fully saturated rings. The lowest BCUT2D eigenvalue weighted by atomic mass is 10.1. The minimum absolute atomic E-state index is 0.0260. The van der Waals surface area contributed by atoms with E-state index in [1.54, 1.807) is 17.0 Å². The Morgan fingerprint density at radius 1 is 1.36 bits per heavy atom. The van der Waals surface area contributed by atoms with Gasteiger partial charge in [-0.1, -0.05) is 17.7 Å². The monoisotopic (exact) mass is 322 g/mol. The second kappa shape index (κ2) is 6.26. The molecule has 2 amide bonds. The Bertz CT molecular complexity index is 593. The summed E-state index contributed by atoms with van der Waals surface area (Å²) in [7, 11) is 0. The smallest absolute Gasteiger partial charge is 0.228 e. The summed E-state index contributed by atoms with van der Waals surface area (Å²) in [6, 6.07) is 7.17. The van der Waals surface area contributed by atoms with Crippen LogP contribution >= 0.6 is 11.6 Å². The summed E-state index contributed by atoms with van der Waals surface area (Å²) in [6.45, 7) is 4.14. The molecule has 0 aliphatic carbocycles. The lowest BCUT2D eigenvalue weighted by Gasteiger charge is -2.32. The van der Waals surface area contributed by atoms with Crippen molar-refractivity contribution in [1.29, 1.82) is 0 Å². The minimum Gasteiger partial charge on any atom is -0.375 e. The van der Waals surface area contributed by atoms with Crippen molar-refractivity contribution < 1.29 is 14.3 Å². The maximum Gasteiger partial charge on any atom is 0.228 e. The Morgan fingerprint density at radius 3 is 2.91 bits per heavy atom. The Hall–Kier alpha value is -1.59. The molecule has 2 heterocycles. The predicted molar refractivity (Wildman–Crippen MR) is 83.9 cm³/mol. The third-order valence-corrected chi connectivity index (χ3v) is 4.38. The lowest BCUT2D eigenvalue weighted by Crippen LogP contribution is -2.47. The highest BCUT2D eigenvalue weighted by Crippen LogP contribution is 2.28. The van der Waals surface area contributed by atoms with Gasteiger partial charge in [0.15, 0.2) is 0 Å². The first-order valence-electron chi connectivity index (χ1n) is 7.51. The number of hydrogen-bond acceptors (Lipinski definition) is 3. The number of hydrogen-bond donors (Lipinski definition) is 0. The first-order chi connectivity index (χ1) is 10.5. The standard InChI is InChI=1S/C16H19ClN2O3/c1-11-9-18(5-6-22-11)16(21)12-7-15(20)19(10-12)14-4-2-3-13(17)8-14/h2-4,8,11-12H,5-7,9-10H2,1H3/t11-,12-/m0/s1. The topological polar surface area (TPSA) is 49.9 Å². The van der Waals surface area contributed by atoms with Gasteiger partial charge in [0.05, 0.1) is 18.6 Å². The van der Waals surface area contributed by atoms with Gasteiger partial charge in [0, 0.05) is 36.8 Å². The number of rotatable bonds is 2. The molecule has 22 heavy (non-hydrogen) atoms. The molecule has 0 saturated carbocycles. The molecule has 2 saturated heterocycles. The fourth-order valence-electron chi connectivity index (χ4n) is 3.04. The zero-order valence-electron chi connectivity index (χ0n) is 12.5. The summed E-state index contributed by atoms with van der Waals surface area (Å²) in [5, 5.41) is 0.585. The summed E-state index contributed by atoms with van der Waals surface area (Å²) in [5.41, 5.74) is 0.753. The van der Waals surface area contributed by atoms with Crippen LogP contribution in [0.15, 0.2) is 24.3 Å². The van der Waals surface area contributed by atoms with E-state index >= 15 is 0 Å². The van der Waals surface area contributed by atoms with Crippen molar-refractivity contribution in [2.24, 2.45) is 5.92 Å². The van der Waals surface area contributed by atoms with E-state index in [1.165, 1.54) is 0 Å². The van der Waals surface area contributed by atoms with Crippen LogP contribution in [0.3, 0.4) is 0 Å². The highest BCUT2D eigenvalue weighted by Gasteiger charge is 2.38. The van der Waals surface area contributed by atoms with Crippen LogP contribution in [-0.4, -0.2) is 49.1 Å². The first-order valence-corrected chi connectivity index (χ1v) is 7.88. The van der Waals surface area contributed by atoms with Gasteiger partial charge in [0.25, 0.3) is 0 Å². The summed E-state index contributed by atoms with van der Waals surface area (Å²) in [5.74, 6) is -0.258. The average Bonchev–Trinajstić information content (AvgIpc) is 2.88. The van der Waals surface area contributed by atoms with Crippen molar-refractivity contribution in [2.75, 3.05) is 31.1 Å². The average molecular weight is 323 g/mol. The van der Waals surface area contributed by atoms with Crippen LogP contribution in [0.5, 0.6) is 0 Å². The number of carbonyl (C=O) groups is 2. The molecule has 6 heteroatoms. The third-order valence-electron chi connectivity index (χ3n) is 4.15. The lowest BCUT2D eigenvalue weighted by molar-refractivity contribution is -0.142. The Balaban J connectivity index is 1.70. The maximum atomic E-state index is 12.6. The molecule has 1 aromatic rings. The number of ether oxygens (including phenoxy) is 1. The normalized spacial score (nSPS) is 25.6. The van der Waals surface area contributed by atoms with Gasteiger partial charge in [-0.05, 0) is 25.1 Å². The molecule has 0 bridgehead atoms. The summed E-state index contributed by atoms with van der Waals surface area (Å²) in [6.07, 6.45) is 0.315. The van der Waals surface area contributed by atoms with Crippen LogP contribution < -0.4 is 4.90 Å². The summed E-state index contributed by atoms with van der Waals surface area (Å²) in [4.78, 5) is 28.3. The van der Waals surface area contributed by atoms with E-state index in [0.29, 0.717) is 31.3 Å². The molecular weight excluding hydrogens is 304 g/mol. The number of carbonyl (C=O) groups excluding carboxylic acids is 2. The summed E-state index contributed by atoms with van der Waals surface area (Å²) >= 11 is 5.98. The number of benzene rings is 1. The van der Waals surface area contributed by atoms with Crippen molar-refractivity contribution in [3.05, 3.63) is 29.3 Å². The Labute approximate surface area is 134 Å². The van der Waals surface area contributed by atoms with Gasteiger partial charge < -0.3 is 14.5 Å². The predicted octanol–water partition coefficient (Wildman–Crippen LogP) is 1.94. The fourth-order valence-corrected chi connectivity index (χ4v) is 3.23. The van der Waals surface area contributed by atoms with E-state index in [4.69, 9.17) is 16.3 Å². The molecule has 0 aromatic heterocycles. The van der Waals surface area contributed by atoms with E-state index in [2.05, 4.69) is 0 Å². The number of nitrogens with zero attached hydrogens (tertiary/aromatic N) is 2. The van der Waals surface area contributed by atoms with Gasteiger partial charge in [-0.25, -0.2) is 0 Å².